The number of nitrogens with zero attached hydrogens (tertiary/aromatic N) is 2. The quantitative estimate of drug-likeness (QED) is 0.368. The number of benzene rings is 2. The third-order valence-electron chi connectivity index (χ3n) is 6.52. The van der Waals surface area contributed by atoms with E-state index in [9.17, 15) is 19.8 Å². The number of Topliss-reactive ketones (excluding diaryl/α,β-unsaturated/α-hetero) is 1. The molecule has 2 aromatic rings. The van der Waals surface area contributed by atoms with Gasteiger partial charge in [0.05, 0.1) is 24.8 Å². The van der Waals surface area contributed by atoms with Crippen molar-refractivity contribution in [2.24, 2.45) is 0 Å². The Morgan fingerprint density at radius 3 is 2.49 bits per heavy atom. The highest BCUT2D eigenvalue weighted by molar-refractivity contribution is 6.46. The summed E-state index contributed by atoms with van der Waals surface area (Å²) in [5.41, 5.74) is 0.893. The van der Waals surface area contributed by atoms with E-state index in [1.807, 2.05) is 0 Å². The normalized spacial score (nSPS) is 21.9. The van der Waals surface area contributed by atoms with Crippen molar-refractivity contribution in [1.82, 2.24) is 9.80 Å². The Labute approximate surface area is 203 Å². The number of ether oxygens (including phenoxy) is 3. The summed E-state index contributed by atoms with van der Waals surface area (Å²) in [7, 11) is 0. The Morgan fingerprint density at radius 2 is 1.71 bits per heavy atom. The van der Waals surface area contributed by atoms with E-state index >= 15 is 0 Å². The number of likely N-dealkylation sites (tertiary alicyclic amines) is 1. The molecule has 1 atom stereocenters. The van der Waals surface area contributed by atoms with E-state index in [2.05, 4.69) is 4.90 Å². The molecule has 35 heavy (non-hydrogen) atoms. The van der Waals surface area contributed by atoms with Gasteiger partial charge in [0.15, 0.2) is 11.5 Å². The summed E-state index contributed by atoms with van der Waals surface area (Å²) in [5, 5.41) is 21.4. The highest BCUT2D eigenvalue weighted by Crippen LogP contribution is 2.41. The molecule has 0 bridgehead atoms. The zero-order chi connectivity index (χ0) is 24.4. The molecule has 0 radical (unpaired) electrons. The van der Waals surface area contributed by atoms with Crippen molar-refractivity contribution in [3.05, 3.63) is 59.2 Å². The van der Waals surface area contributed by atoms with Gasteiger partial charge in [-0.2, -0.15) is 0 Å². The lowest BCUT2D eigenvalue weighted by molar-refractivity contribution is -0.140. The minimum Gasteiger partial charge on any atom is -0.508 e. The first kappa shape index (κ1) is 23.2. The number of fused-ring (bicyclic) bond motifs is 1. The number of hydrogen-bond donors (Lipinski definition) is 2. The van der Waals surface area contributed by atoms with Gasteiger partial charge in [0.25, 0.3) is 11.7 Å². The lowest BCUT2D eigenvalue weighted by Gasteiger charge is -2.29. The summed E-state index contributed by atoms with van der Waals surface area (Å²) in [6, 6.07) is 10.5. The summed E-state index contributed by atoms with van der Waals surface area (Å²) < 4.78 is 16.6. The van der Waals surface area contributed by atoms with E-state index in [1.54, 1.807) is 30.3 Å². The van der Waals surface area contributed by atoms with Crippen LogP contribution in [0.1, 0.15) is 23.6 Å². The number of amides is 1. The van der Waals surface area contributed by atoms with Gasteiger partial charge in [0, 0.05) is 31.7 Å². The van der Waals surface area contributed by atoms with Crippen LogP contribution in [0.5, 0.6) is 17.2 Å². The molecule has 0 aromatic heterocycles. The maximum Gasteiger partial charge on any atom is 0.295 e. The molecule has 1 unspecified atom stereocenters. The number of phenols is 1. The highest BCUT2D eigenvalue weighted by atomic mass is 16.6. The summed E-state index contributed by atoms with van der Waals surface area (Å²) in [6.45, 7) is 4.95. The number of aliphatic hydroxyl groups excluding tert-OH is 1. The molecule has 0 saturated carbocycles. The van der Waals surface area contributed by atoms with E-state index in [0.29, 0.717) is 62.0 Å². The van der Waals surface area contributed by atoms with Gasteiger partial charge in [0.1, 0.15) is 24.7 Å². The van der Waals surface area contributed by atoms with Gasteiger partial charge >= 0.3 is 0 Å². The number of carbonyl (C=O) groups excluding carboxylic acids is 2. The zero-order valence-electron chi connectivity index (χ0n) is 19.3. The average molecular weight is 481 g/mol. The number of rotatable bonds is 6. The van der Waals surface area contributed by atoms with Crippen molar-refractivity contribution >= 4 is 17.4 Å². The van der Waals surface area contributed by atoms with Crippen molar-refractivity contribution in [1.29, 1.82) is 0 Å². The standard InChI is InChI=1S/C26H28N2O7/c29-19-4-1-3-17(15-19)23-22(24(30)18-5-6-20-21(16-18)35-14-13-34-20)25(31)26(32)28(23)8-2-7-27-9-11-33-12-10-27/h1,3-6,15-16,23,29-30H,2,7-14H2. The molecule has 3 aliphatic heterocycles. The number of morpholine rings is 1. The fraction of sp³-hybridized carbons (Fsp3) is 0.385. The van der Waals surface area contributed by atoms with Crippen LogP contribution in [-0.4, -0.2) is 84.3 Å². The molecular formula is C26H28N2O7. The van der Waals surface area contributed by atoms with Gasteiger partial charge < -0.3 is 29.3 Å². The first-order valence-electron chi connectivity index (χ1n) is 11.8. The summed E-state index contributed by atoms with van der Waals surface area (Å²) in [5.74, 6) is -0.670. The molecule has 3 aliphatic rings. The van der Waals surface area contributed by atoms with Gasteiger partial charge in [0.2, 0.25) is 0 Å². The van der Waals surface area contributed by atoms with E-state index in [1.165, 1.54) is 17.0 Å². The third-order valence-corrected chi connectivity index (χ3v) is 6.52. The summed E-state index contributed by atoms with van der Waals surface area (Å²) in [4.78, 5) is 30.1. The zero-order valence-corrected chi connectivity index (χ0v) is 19.3. The Balaban J connectivity index is 1.48. The van der Waals surface area contributed by atoms with Gasteiger partial charge in [-0.05, 0) is 42.3 Å². The Kier molecular flexibility index (Phi) is 6.61. The van der Waals surface area contributed by atoms with Crippen LogP contribution in [0.2, 0.25) is 0 Å². The fourth-order valence-electron chi connectivity index (χ4n) is 4.79. The number of phenolic OH excluding ortho intramolecular Hbond substituents is 1. The highest BCUT2D eigenvalue weighted by Gasteiger charge is 2.46. The van der Waals surface area contributed by atoms with Crippen molar-refractivity contribution in [2.45, 2.75) is 12.5 Å². The van der Waals surface area contributed by atoms with Crippen LogP contribution >= 0.6 is 0 Å². The predicted molar refractivity (Wildman–Crippen MR) is 126 cm³/mol. The van der Waals surface area contributed by atoms with Crippen LogP contribution in [-0.2, 0) is 14.3 Å². The van der Waals surface area contributed by atoms with E-state index in [0.717, 1.165) is 19.6 Å². The van der Waals surface area contributed by atoms with Crippen molar-refractivity contribution < 1.29 is 34.0 Å². The number of aliphatic hydroxyl groups is 1. The van der Waals surface area contributed by atoms with E-state index in [4.69, 9.17) is 14.2 Å². The second-order valence-electron chi connectivity index (χ2n) is 8.75. The Morgan fingerprint density at radius 1 is 0.943 bits per heavy atom. The van der Waals surface area contributed by atoms with Crippen LogP contribution in [0.3, 0.4) is 0 Å². The predicted octanol–water partition coefficient (Wildman–Crippen LogP) is 2.31. The molecule has 9 heteroatoms. The SMILES string of the molecule is O=C1C(=O)N(CCCN2CCOCC2)C(c2cccc(O)c2)C1=C(O)c1ccc2c(c1)OCCO2. The number of hydrogen-bond acceptors (Lipinski definition) is 8. The molecule has 2 saturated heterocycles. The summed E-state index contributed by atoms with van der Waals surface area (Å²) >= 11 is 0. The lowest BCUT2D eigenvalue weighted by atomic mass is 9.95. The minimum atomic E-state index is -0.819. The molecule has 2 aromatic carbocycles. The van der Waals surface area contributed by atoms with Gasteiger partial charge in [-0.1, -0.05) is 12.1 Å². The Bertz CT molecular complexity index is 1160. The molecule has 5 rings (SSSR count). The van der Waals surface area contributed by atoms with Gasteiger partial charge in [-0.3, -0.25) is 14.5 Å². The van der Waals surface area contributed by atoms with E-state index < -0.39 is 17.7 Å². The molecule has 2 N–H and O–H groups in total. The van der Waals surface area contributed by atoms with Crippen molar-refractivity contribution in [2.75, 3.05) is 52.6 Å². The third kappa shape index (κ3) is 4.69. The molecule has 9 nitrogen and oxygen atoms in total. The topological polar surface area (TPSA) is 109 Å². The number of ketones is 1. The average Bonchev–Trinajstić information content (AvgIpc) is 3.13. The van der Waals surface area contributed by atoms with Gasteiger partial charge in [-0.15, -0.1) is 0 Å². The molecule has 0 spiro atoms. The van der Waals surface area contributed by atoms with Crippen LogP contribution < -0.4 is 9.47 Å². The van der Waals surface area contributed by atoms with Gasteiger partial charge in [-0.25, -0.2) is 0 Å². The Hall–Kier alpha value is -3.56. The van der Waals surface area contributed by atoms with E-state index in [-0.39, 0.29) is 17.1 Å². The number of carbonyl (C=O) groups is 2. The molecule has 3 heterocycles. The van der Waals surface area contributed by atoms with Crippen molar-refractivity contribution in [3.8, 4) is 17.2 Å². The maximum absolute atomic E-state index is 13.2. The van der Waals surface area contributed by atoms with Crippen LogP contribution in [0.4, 0.5) is 0 Å². The molecule has 0 aliphatic carbocycles. The first-order valence-corrected chi connectivity index (χ1v) is 11.8. The lowest BCUT2D eigenvalue weighted by Crippen LogP contribution is -2.38. The van der Waals surface area contributed by atoms with Crippen LogP contribution in [0.25, 0.3) is 5.76 Å². The second-order valence-corrected chi connectivity index (χ2v) is 8.75. The monoisotopic (exact) mass is 480 g/mol. The fourth-order valence-corrected chi connectivity index (χ4v) is 4.79. The molecule has 184 valence electrons. The maximum atomic E-state index is 13.2. The smallest absolute Gasteiger partial charge is 0.295 e. The molecule has 2 fully saturated rings. The largest absolute Gasteiger partial charge is 0.508 e. The van der Waals surface area contributed by atoms with Crippen LogP contribution in [0, 0.1) is 0 Å². The second kappa shape index (κ2) is 9.97. The van der Waals surface area contributed by atoms with Crippen molar-refractivity contribution in [3.63, 3.8) is 0 Å². The summed E-state index contributed by atoms with van der Waals surface area (Å²) in [6.07, 6.45) is 0.659. The first-order chi connectivity index (χ1) is 17.0. The van der Waals surface area contributed by atoms with Crippen LogP contribution in [0.15, 0.2) is 48.0 Å². The molecular weight excluding hydrogens is 452 g/mol. The minimum absolute atomic E-state index is 0.0105. The molecule has 1 amide bonds. The number of aromatic hydroxyl groups is 1.